The summed E-state index contributed by atoms with van der Waals surface area (Å²) in [5.74, 6) is 0. The third kappa shape index (κ3) is 7.09. The van der Waals surface area contributed by atoms with Crippen LogP contribution >= 0.6 is 0 Å². The molecule has 120 valence electrons. The van der Waals surface area contributed by atoms with Gasteiger partial charge in [-0.2, -0.15) is 19.6 Å². The van der Waals surface area contributed by atoms with Crippen LogP contribution in [0, 0.1) is 0 Å². The van der Waals surface area contributed by atoms with Crippen molar-refractivity contribution >= 4 is 108 Å². The Morgan fingerprint density at radius 2 is 0.767 bits per heavy atom. The third-order valence-electron chi connectivity index (χ3n) is 4.18. The molecule has 12 heteroatoms. The Morgan fingerprint density at radius 3 is 1.30 bits per heavy atom. The molecule has 0 bridgehead atoms. The van der Waals surface area contributed by atoms with Gasteiger partial charge in [-0.05, 0) is 32.3 Å². The summed E-state index contributed by atoms with van der Waals surface area (Å²) in [6.45, 7) is 0. The van der Waals surface area contributed by atoms with Gasteiger partial charge < -0.3 is 75.8 Å². The van der Waals surface area contributed by atoms with Crippen LogP contribution < -0.4 is 177 Å². The van der Waals surface area contributed by atoms with Gasteiger partial charge in [-0.1, -0.05) is 36.4 Å². The van der Waals surface area contributed by atoms with Crippen LogP contribution in [0.15, 0.2) is 65.8 Å². The quantitative estimate of drug-likeness (QED) is 0.120. The molecule has 30 heavy (non-hydrogen) atoms. The molecule has 4 aromatic rings. The summed E-state index contributed by atoms with van der Waals surface area (Å²) in [6, 6.07) is 11.9. The van der Waals surface area contributed by atoms with Crippen molar-refractivity contribution in [1.29, 1.82) is 0 Å². The smallest absolute Gasteiger partial charge is 0.783 e. The largest absolute Gasteiger partial charge is 1.00 e. The van der Waals surface area contributed by atoms with Crippen LogP contribution in [0.3, 0.4) is 0 Å². The van der Waals surface area contributed by atoms with Gasteiger partial charge in [0.25, 0.3) is 0 Å². The molecule has 0 fully saturated rings. The van der Waals surface area contributed by atoms with Gasteiger partial charge in [0.2, 0.25) is 0 Å². The van der Waals surface area contributed by atoms with E-state index in [4.69, 9.17) is 75.8 Å². The zero-order valence-corrected chi connectivity index (χ0v) is 34.8. The fourth-order valence-corrected chi connectivity index (χ4v) is 4.74. The van der Waals surface area contributed by atoms with E-state index in [0.29, 0.717) is 29.4 Å². The topological polar surface area (TPSA) is 0 Å². The molecule has 4 aromatic carbocycles. The first-order chi connectivity index (χ1) is 11.4. The predicted molar refractivity (Wildman–Crippen MR) is 113 cm³/mol. The maximum atomic E-state index is 5.64. The first-order valence-electron chi connectivity index (χ1n) is 6.96. The van der Waals surface area contributed by atoms with Gasteiger partial charge >= 0.3 is 177 Å². The van der Waals surface area contributed by atoms with E-state index in [1.165, 1.54) is 0 Å². The van der Waals surface area contributed by atoms with E-state index in [-0.39, 0.29) is 177 Å². The molecule has 0 saturated heterocycles. The van der Waals surface area contributed by atoms with Crippen molar-refractivity contribution in [1.82, 2.24) is 0 Å². The first-order valence-corrected chi connectivity index (χ1v) is 9.41. The summed E-state index contributed by atoms with van der Waals surface area (Å²) in [6.07, 6.45) is 0. The van der Waals surface area contributed by atoms with Crippen LogP contribution in [0.1, 0.15) is 0 Å². The fraction of sp³-hybridized carbons (Fsp3) is 0. The molecule has 0 saturated carbocycles. The molecule has 0 atom stereocenters. The van der Waals surface area contributed by atoms with Crippen molar-refractivity contribution in [2.45, 2.75) is 29.4 Å². The number of hydrogen-bond acceptors (Lipinski definition) is 6. The Balaban J connectivity index is -0.00000121. The van der Waals surface area contributed by atoms with Crippen LogP contribution in [0.5, 0.6) is 0 Å². The van der Waals surface area contributed by atoms with E-state index in [1.807, 2.05) is 30.3 Å². The van der Waals surface area contributed by atoms with Crippen molar-refractivity contribution in [2.75, 3.05) is 0 Å². The zero-order valence-electron chi connectivity index (χ0n) is 17.9. The van der Waals surface area contributed by atoms with Crippen molar-refractivity contribution < 1.29 is 177 Å². The zero-order chi connectivity index (χ0) is 17.2. The second-order valence-electron chi connectivity index (χ2n) is 5.43. The monoisotopic (exact) mass is 552 g/mol. The van der Waals surface area contributed by atoms with Crippen molar-refractivity contribution in [2.24, 2.45) is 0 Å². The molecule has 0 spiro atoms. The van der Waals surface area contributed by atoms with E-state index < -0.39 is 0 Å². The van der Waals surface area contributed by atoms with Crippen LogP contribution in [0.4, 0.5) is 0 Å². The number of hydrogen-bond donors (Lipinski definition) is 0. The van der Waals surface area contributed by atoms with Gasteiger partial charge in [0.1, 0.15) is 0 Å². The summed E-state index contributed by atoms with van der Waals surface area (Å²) >= 11 is 33.1. The molecule has 4 rings (SSSR count). The first kappa shape index (κ1) is 39.5. The number of benzene rings is 4. The Kier molecular flexibility index (Phi) is 22.0. The van der Waals surface area contributed by atoms with Gasteiger partial charge in [-0.15, -0.1) is 0 Å². The Morgan fingerprint density at radius 1 is 0.367 bits per heavy atom. The van der Waals surface area contributed by atoms with Crippen LogP contribution in [0.2, 0.25) is 0 Å². The van der Waals surface area contributed by atoms with E-state index >= 15 is 0 Å². The Bertz CT molecular complexity index is 1160. The summed E-state index contributed by atoms with van der Waals surface area (Å²) in [7, 11) is 0. The predicted octanol–water partition coefficient (Wildman–Crippen LogP) is -13.4. The SMILES string of the molecule is [Na+].[Na+].[Na+].[Na+].[Na+].[Na+].[S-]c1ccc2c3ccccc3c3c([S-])c([S-])c([S-])c([S-])c3c2c1[S-]. The van der Waals surface area contributed by atoms with E-state index in [2.05, 4.69) is 6.07 Å². The minimum Gasteiger partial charge on any atom is -0.783 e. The summed E-state index contributed by atoms with van der Waals surface area (Å²) in [4.78, 5) is 3.29. The van der Waals surface area contributed by atoms with E-state index in [1.54, 1.807) is 0 Å². The molecule has 0 aromatic heterocycles. The summed E-state index contributed by atoms with van der Waals surface area (Å²) in [5, 5.41) is 5.64. The number of rotatable bonds is 0. The Labute approximate surface area is 343 Å². The molecule has 0 N–H and O–H groups in total. The van der Waals surface area contributed by atoms with Gasteiger partial charge in [-0.3, -0.25) is 0 Å². The molecule has 0 aliphatic rings. The Hall–Kier alpha value is 4.98. The molecular weight excluding hydrogens is 547 g/mol. The van der Waals surface area contributed by atoms with Crippen molar-refractivity contribution in [3.63, 3.8) is 0 Å². The normalized spacial score (nSPS) is 9.20. The van der Waals surface area contributed by atoms with Crippen molar-refractivity contribution in [3.8, 4) is 0 Å². The van der Waals surface area contributed by atoms with Gasteiger partial charge in [0.15, 0.2) is 0 Å². The summed E-state index contributed by atoms with van der Waals surface area (Å²) in [5.41, 5.74) is 0. The number of fused-ring (bicyclic) bond motifs is 6. The van der Waals surface area contributed by atoms with Gasteiger partial charge in [0.05, 0.1) is 0 Å². The third-order valence-corrected chi connectivity index (χ3v) is 7.10. The molecule has 0 amide bonds. The second kappa shape index (κ2) is 16.7. The van der Waals surface area contributed by atoms with Crippen LogP contribution in [-0.2, 0) is 75.8 Å². The van der Waals surface area contributed by atoms with E-state index in [0.717, 1.165) is 32.3 Å². The molecule has 0 heterocycles. The van der Waals surface area contributed by atoms with Crippen molar-refractivity contribution in [3.05, 3.63) is 36.4 Å². The maximum Gasteiger partial charge on any atom is 1.00 e. The second-order valence-corrected chi connectivity index (χ2v) is 7.91. The molecular formula is C18H6Na6S6. The average Bonchev–Trinajstić information content (AvgIpc) is 2.59. The molecule has 0 unspecified atom stereocenters. The summed E-state index contributed by atoms with van der Waals surface area (Å²) < 4.78 is 0. The molecule has 0 nitrogen and oxygen atoms in total. The molecule has 0 radical (unpaired) electrons. The molecule has 0 aliphatic carbocycles. The standard InChI is InChI=1S/C18H12S6.6Na/c19-10-6-5-9-7-3-1-2-4-8(7)12-13(11(9)14(10)20)16(22)18(24)17(23)15(12)21;;;;;;/h1-6,19-24H;;;;;;/q;6*+1/p-6. The maximum absolute atomic E-state index is 5.64. The minimum absolute atomic E-state index is 0. The van der Waals surface area contributed by atoms with Gasteiger partial charge in [-0.25, -0.2) is 9.79 Å². The van der Waals surface area contributed by atoms with Crippen LogP contribution in [-0.4, -0.2) is 0 Å². The van der Waals surface area contributed by atoms with E-state index in [9.17, 15) is 0 Å². The minimum atomic E-state index is 0. The van der Waals surface area contributed by atoms with Crippen LogP contribution in [0.25, 0.3) is 32.3 Å². The van der Waals surface area contributed by atoms with Gasteiger partial charge in [0, 0.05) is 0 Å². The molecule has 0 aliphatic heterocycles. The fourth-order valence-electron chi connectivity index (χ4n) is 3.13. The average molecular weight is 553 g/mol.